The number of rotatable bonds is 4. The van der Waals surface area contributed by atoms with Gasteiger partial charge in [0.1, 0.15) is 0 Å². The van der Waals surface area contributed by atoms with E-state index < -0.39 is 6.04 Å². The van der Waals surface area contributed by atoms with Gasteiger partial charge in [0.25, 0.3) is 0 Å². The molecule has 3 nitrogen and oxygen atoms in total. The number of nitrogens with two attached hydrogens (primary N) is 1. The van der Waals surface area contributed by atoms with Crippen LogP contribution in [0.2, 0.25) is 0 Å². The maximum atomic E-state index is 11.2. The first-order valence-corrected chi connectivity index (χ1v) is 4.37. The fourth-order valence-corrected chi connectivity index (χ4v) is 0.956. The van der Waals surface area contributed by atoms with Crippen molar-refractivity contribution < 1.29 is 9.90 Å². The van der Waals surface area contributed by atoms with Crippen LogP contribution in [0.1, 0.15) is 5.56 Å². The lowest BCUT2D eigenvalue weighted by molar-refractivity contribution is -0.116. The maximum Gasteiger partial charge on any atom is 0.174 e. The Bertz CT molecular complexity index is 319. The van der Waals surface area contributed by atoms with Crippen molar-refractivity contribution in [2.75, 3.05) is 6.61 Å². The summed E-state index contributed by atoms with van der Waals surface area (Å²) in [4.78, 5) is 11.2. The van der Waals surface area contributed by atoms with Crippen molar-refractivity contribution in [3.8, 4) is 0 Å². The van der Waals surface area contributed by atoms with Crippen LogP contribution in [0.4, 0.5) is 0 Å². The van der Waals surface area contributed by atoms with Crippen molar-refractivity contribution in [1.82, 2.24) is 0 Å². The van der Waals surface area contributed by atoms with E-state index in [0.717, 1.165) is 5.56 Å². The molecule has 0 heterocycles. The second-order valence-corrected chi connectivity index (χ2v) is 2.94. The molecule has 74 valence electrons. The van der Waals surface area contributed by atoms with Crippen LogP contribution < -0.4 is 5.73 Å². The number of hydrogen-bond acceptors (Lipinski definition) is 3. The molecule has 0 amide bonds. The van der Waals surface area contributed by atoms with Gasteiger partial charge in [-0.15, -0.1) is 0 Å². The monoisotopic (exact) mass is 191 g/mol. The molecule has 3 heteroatoms. The highest BCUT2D eigenvalue weighted by Crippen LogP contribution is 2.01. The van der Waals surface area contributed by atoms with E-state index >= 15 is 0 Å². The van der Waals surface area contributed by atoms with Crippen molar-refractivity contribution in [1.29, 1.82) is 0 Å². The minimum absolute atomic E-state index is 0.267. The Balaban J connectivity index is 2.61. The molecule has 1 rings (SSSR count). The Kier molecular flexibility index (Phi) is 4.04. The van der Waals surface area contributed by atoms with E-state index in [9.17, 15) is 4.79 Å². The minimum Gasteiger partial charge on any atom is -0.394 e. The van der Waals surface area contributed by atoms with Crippen molar-refractivity contribution in [3.63, 3.8) is 0 Å². The Labute approximate surface area is 82.9 Å². The van der Waals surface area contributed by atoms with Crippen LogP contribution in [0.15, 0.2) is 36.4 Å². The largest absolute Gasteiger partial charge is 0.394 e. The summed E-state index contributed by atoms with van der Waals surface area (Å²) in [6, 6.07) is 8.63. The molecule has 1 aromatic carbocycles. The zero-order valence-corrected chi connectivity index (χ0v) is 7.76. The van der Waals surface area contributed by atoms with E-state index in [1.165, 1.54) is 6.08 Å². The van der Waals surface area contributed by atoms with Crippen molar-refractivity contribution in [2.24, 2.45) is 5.73 Å². The molecular weight excluding hydrogens is 178 g/mol. The van der Waals surface area contributed by atoms with Crippen molar-refractivity contribution in [3.05, 3.63) is 42.0 Å². The number of carbonyl (C=O) groups excluding carboxylic acids is 1. The molecule has 0 radical (unpaired) electrons. The van der Waals surface area contributed by atoms with Gasteiger partial charge < -0.3 is 10.8 Å². The predicted octanol–water partition coefficient (Wildman–Crippen LogP) is 0.588. The van der Waals surface area contributed by atoms with Gasteiger partial charge in [0.2, 0.25) is 0 Å². The maximum absolute atomic E-state index is 11.2. The lowest BCUT2D eigenvalue weighted by Gasteiger charge is -2.01. The van der Waals surface area contributed by atoms with Gasteiger partial charge >= 0.3 is 0 Å². The molecule has 0 saturated carbocycles. The number of hydrogen-bond donors (Lipinski definition) is 2. The Hall–Kier alpha value is -1.45. The van der Waals surface area contributed by atoms with Crippen LogP contribution >= 0.6 is 0 Å². The fourth-order valence-electron chi connectivity index (χ4n) is 0.956. The molecule has 0 aliphatic rings. The third kappa shape index (κ3) is 3.12. The molecule has 0 aliphatic heterocycles. The summed E-state index contributed by atoms with van der Waals surface area (Å²) in [7, 11) is 0. The van der Waals surface area contributed by atoms with Gasteiger partial charge in [-0.25, -0.2) is 0 Å². The number of aliphatic hydroxyl groups is 1. The molecule has 3 N–H and O–H groups in total. The molecule has 1 unspecified atom stereocenters. The summed E-state index contributed by atoms with van der Waals surface area (Å²) in [6.07, 6.45) is 3.06. The van der Waals surface area contributed by atoms with E-state index in [0.29, 0.717) is 0 Å². The number of carbonyl (C=O) groups is 1. The van der Waals surface area contributed by atoms with Crippen LogP contribution in [0.5, 0.6) is 0 Å². The molecule has 1 aromatic rings. The SMILES string of the molecule is NC(CO)C(=O)/C=C/c1ccccc1. The lowest BCUT2D eigenvalue weighted by atomic mass is 10.1. The molecule has 0 saturated heterocycles. The summed E-state index contributed by atoms with van der Waals surface area (Å²) >= 11 is 0. The third-order valence-electron chi connectivity index (χ3n) is 1.80. The van der Waals surface area contributed by atoms with Crippen molar-refractivity contribution >= 4 is 11.9 Å². The summed E-state index contributed by atoms with van der Waals surface area (Å²) in [5.41, 5.74) is 6.27. The fraction of sp³-hybridized carbons (Fsp3) is 0.182. The van der Waals surface area contributed by atoms with Gasteiger partial charge in [0.05, 0.1) is 12.6 Å². The second kappa shape index (κ2) is 5.32. The third-order valence-corrected chi connectivity index (χ3v) is 1.80. The van der Waals surface area contributed by atoms with Crippen LogP contribution in [0.25, 0.3) is 6.08 Å². The first kappa shape index (κ1) is 10.6. The standard InChI is InChI=1S/C11H13NO2/c12-10(8-13)11(14)7-6-9-4-2-1-3-5-9/h1-7,10,13H,8,12H2/b7-6+. The lowest BCUT2D eigenvalue weighted by Crippen LogP contribution is -2.32. The molecule has 0 bridgehead atoms. The zero-order valence-electron chi connectivity index (χ0n) is 7.76. The highest BCUT2D eigenvalue weighted by Gasteiger charge is 2.07. The van der Waals surface area contributed by atoms with Gasteiger partial charge in [-0.1, -0.05) is 36.4 Å². The highest BCUT2D eigenvalue weighted by atomic mass is 16.3. The number of benzene rings is 1. The summed E-state index contributed by atoms with van der Waals surface area (Å²) in [5.74, 6) is -0.267. The zero-order chi connectivity index (χ0) is 10.4. The second-order valence-electron chi connectivity index (χ2n) is 2.94. The Morgan fingerprint density at radius 3 is 2.64 bits per heavy atom. The average Bonchev–Trinajstić information content (AvgIpc) is 2.26. The quantitative estimate of drug-likeness (QED) is 0.684. The van der Waals surface area contributed by atoms with Gasteiger partial charge in [-0.2, -0.15) is 0 Å². The molecule has 0 aliphatic carbocycles. The van der Waals surface area contributed by atoms with Crippen LogP contribution in [-0.4, -0.2) is 23.5 Å². The van der Waals surface area contributed by atoms with Gasteiger partial charge in [0, 0.05) is 0 Å². The average molecular weight is 191 g/mol. The Morgan fingerprint density at radius 2 is 2.07 bits per heavy atom. The molecule has 0 aromatic heterocycles. The number of ketones is 1. The smallest absolute Gasteiger partial charge is 0.174 e. The number of aliphatic hydroxyl groups excluding tert-OH is 1. The highest BCUT2D eigenvalue weighted by molar-refractivity contribution is 5.97. The van der Waals surface area contributed by atoms with E-state index in [4.69, 9.17) is 10.8 Å². The predicted molar refractivity (Wildman–Crippen MR) is 55.5 cm³/mol. The van der Waals surface area contributed by atoms with Gasteiger partial charge in [-0.3, -0.25) is 4.79 Å². The van der Waals surface area contributed by atoms with Crippen LogP contribution in [0.3, 0.4) is 0 Å². The molecular formula is C11H13NO2. The van der Waals surface area contributed by atoms with Crippen LogP contribution in [0, 0.1) is 0 Å². The first-order chi connectivity index (χ1) is 6.74. The van der Waals surface area contributed by atoms with Crippen molar-refractivity contribution in [2.45, 2.75) is 6.04 Å². The van der Waals surface area contributed by atoms with Crippen LogP contribution in [-0.2, 0) is 4.79 Å². The topological polar surface area (TPSA) is 63.3 Å². The molecule has 14 heavy (non-hydrogen) atoms. The van der Waals surface area contributed by atoms with E-state index in [2.05, 4.69) is 0 Å². The Morgan fingerprint density at radius 1 is 1.43 bits per heavy atom. The van der Waals surface area contributed by atoms with E-state index in [1.54, 1.807) is 6.08 Å². The molecule has 0 spiro atoms. The van der Waals surface area contributed by atoms with Gasteiger partial charge in [-0.05, 0) is 11.6 Å². The molecule has 0 fully saturated rings. The van der Waals surface area contributed by atoms with E-state index in [1.807, 2.05) is 30.3 Å². The minimum atomic E-state index is -0.810. The first-order valence-electron chi connectivity index (χ1n) is 4.37. The normalized spacial score (nSPS) is 13.0. The summed E-state index contributed by atoms with van der Waals surface area (Å²) in [6.45, 7) is -0.321. The summed E-state index contributed by atoms with van der Waals surface area (Å²) < 4.78 is 0. The van der Waals surface area contributed by atoms with Gasteiger partial charge in [0.15, 0.2) is 5.78 Å². The summed E-state index contributed by atoms with van der Waals surface area (Å²) in [5, 5.41) is 8.62. The van der Waals surface area contributed by atoms with E-state index in [-0.39, 0.29) is 12.4 Å². The molecule has 1 atom stereocenters.